The second-order valence-corrected chi connectivity index (χ2v) is 5.19. The summed E-state index contributed by atoms with van der Waals surface area (Å²) in [5.74, 6) is 1.18. The van der Waals surface area contributed by atoms with Gasteiger partial charge < -0.3 is 15.0 Å². The molecule has 0 fully saturated rings. The summed E-state index contributed by atoms with van der Waals surface area (Å²) in [4.78, 5) is 2.14. The molecule has 3 nitrogen and oxygen atoms in total. The lowest BCUT2D eigenvalue weighted by Crippen LogP contribution is -2.42. The van der Waals surface area contributed by atoms with Gasteiger partial charge in [0.25, 0.3) is 0 Å². The highest BCUT2D eigenvalue weighted by atomic mass is 32.2. The minimum atomic E-state index is 0.495. The summed E-state index contributed by atoms with van der Waals surface area (Å²) in [5.41, 5.74) is 0. The van der Waals surface area contributed by atoms with E-state index in [4.69, 9.17) is 17.0 Å². The van der Waals surface area contributed by atoms with Crippen molar-refractivity contribution in [3.63, 3.8) is 0 Å². The van der Waals surface area contributed by atoms with Crippen LogP contribution in [-0.4, -0.2) is 55.4 Å². The summed E-state index contributed by atoms with van der Waals surface area (Å²) in [7, 11) is 3.77. The summed E-state index contributed by atoms with van der Waals surface area (Å²) in [6.07, 6.45) is 4.29. The average molecular weight is 264 g/mol. The van der Waals surface area contributed by atoms with Crippen LogP contribution in [0.15, 0.2) is 0 Å². The standard InChI is InChI=1S/C11H24N2OS2/c1-10(6-9-16-4)13(2)11(15)12-7-5-8-14-3/h10H,5-9H2,1-4H3,(H,12,15). The fourth-order valence-electron chi connectivity index (χ4n) is 1.22. The molecule has 0 spiro atoms. The predicted molar refractivity (Wildman–Crippen MR) is 77.3 cm³/mol. The van der Waals surface area contributed by atoms with Gasteiger partial charge in [-0.1, -0.05) is 0 Å². The number of hydrogen-bond acceptors (Lipinski definition) is 3. The fourth-order valence-corrected chi connectivity index (χ4v) is 2.08. The van der Waals surface area contributed by atoms with E-state index in [-0.39, 0.29) is 0 Å². The maximum Gasteiger partial charge on any atom is 0.168 e. The van der Waals surface area contributed by atoms with E-state index in [2.05, 4.69) is 30.4 Å². The van der Waals surface area contributed by atoms with Gasteiger partial charge in [-0.2, -0.15) is 11.8 Å². The molecule has 1 atom stereocenters. The first-order chi connectivity index (χ1) is 7.63. The van der Waals surface area contributed by atoms with Crippen molar-refractivity contribution in [1.29, 1.82) is 0 Å². The molecule has 0 aliphatic heterocycles. The largest absolute Gasteiger partial charge is 0.385 e. The lowest BCUT2D eigenvalue weighted by molar-refractivity contribution is 0.195. The molecule has 16 heavy (non-hydrogen) atoms. The molecule has 0 aliphatic rings. The first-order valence-electron chi connectivity index (χ1n) is 5.62. The number of nitrogens with one attached hydrogen (secondary N) is 1. The molecule has 0 aromatic carbocycles. The molecule has 0 aliphatic carbocycles. The molecule has 0 heterocycles. The Morgan fingerprint density at radius 3 is 2.81 bits per heavy atom. The first kappa shape index (κ1) is 16.0. The Balaban J connectivity index is 3.70. The zero-order chi connectivity index (χ0) is 12.4. The number of nitrogens with zero attached hydrogens (tertiary/aromatic N) is 1. The van der Waals surface area contributed by atoms with Gasteiger partial charge in [-0.3, -0.25) is 0 Å². The van der Waals surface area contributed by atoms with Crippen molar-refractivity contribution in [3.8, 4) is 0 Å². The van der Waals surface area contributed by atoms with Crippen LogP contribution in [0.5, 0.6) is 0 Å². The van der Waals surface area contributed by atoms with E-state index in [1.165, 1.54) is 5.75 Å². The third-order valence-electron chi connectivity index (χ3n) is 2.52. The smallest absolute Gasteiger partial charge is 0.168 e. The SMILES string of the molecule is COCCCNC(=S)N(C)C(C)CCSC. The van der Waals surface area contributed by atoms with Crippen molar-refractivity contribution in [2.45, 2.75) is 25.8 Å². The predicted octanol–water partition coefficient (Wildman–Crippen LogP) is 1.97. The van der Waals surface area contributed by atoms with Gasteiger partial charge in [0.2, 0.25) is 0 Å². The summed E-state index contributed by atoms with van der Waals surface area (Å²) >= 11 is 7.20. The van der Waals surface area contributed by atoms with Crippen molar-refractivity contribution in [3.05, 3.63) is 0 Å². The fraction of sp³-hybridized carbons (Fsp3) is 0.909. The molecule has 0 saturated heterocycles. The Morgan fingerprint density at radius 2 is 2.25 bits per heavy atom. The average Bonchev–Trinajstić information content (AvgIpc) is 2.30. The van der Waals surface area contributed by atoms with E-state index in [1.807, 2.05) is 11.8 Å². The maximum atomic E-state index is 5.32. The highest BCUT2D eigenvalue weighted by Gasteiger charge is 2.11. The number of ether oxygens (including phenoxy) is 1. The van der Waals surface area contributed by atoms with E-state index < -0.39 is 0 Å². The van der Waals surface area contributed by atoms with Gasteiger partial charge in [0.1, 0.15) is 0 Å². The van der Waals surface area contributed by atoms with Crippen LogP contribution in [0.25, 0.3) is 0 Å². The van der Waals surface area contributed by atoms with Crippen LogP contribution in [0.1, 0.15) is 19.8 Å². The minimum Gasteiger partial charge on any atom is -0.385 e. The zero-order valence-corrected chi connectivity index (χ0v) is 12.4. The van der Waals surface area contributed by atoms with Gasteiger partial charge in [-0.25, -0.2) is 0 Å². The van der Waals surface area contributed by atoms with Gasteiger partial charge in [-0.15, -0.1) is 0 Å². The maximum absolute atomic E-state index is 5.32. The molecule has 0 radical (unpaired) electrons. The van der Waals surface area contributed by atoms with Crippen molar-refractivity contribution >= 4 is 29.1 Å². The molecule has 1 N–H and O–H groups in total. The second-order valence-electron chi connectivity index (χ2n) is 3.82. The van der Waals surface area contributed by atoms with E-state index in [0.29, 0.717) is 6.04 Å². The summed E-state index contributed by atoms with van der Waals surface area (Å²) in [6, 6.07) is 0.495. The Labute approximate surface area is 109 Å². The lowest BCUT2D eigenvalue weighted by Gasteiger charge is -2.27. The normalized spacial score (nSPS) is 12.2. The molecule has 0 bridgehead atoms. The summed E-state index contributed by atoms with van der Waals surface area (Å²) in [5, 5.41) is 4.08. The van der Waals surface area contributed by atoms with Gasteiger partial charge in [-0.05, 0) is 44.0 Å². The lowest BCUT2D eigenvalue weighted by atomic mass is 10.2. The van der Waals surface area contributed by atoms with Crippen LogP contribution in [0.3, 0.4) is 0 Å². The molecule has 5 heteroatoms. The van der Waals surface area contributed by atoms with Crippen LogP contribution in [0.4, 0.5) is 0 Å². The Morgan fingerprint density at radius 1 is 1.56 bits per heavy atom. The molecule has 0 aromatic heterocycles. The molecule has 0 saturated carbocycles. The third kappa shape index (κ3) is 7.30. The number of hydrogen-bond donors (Lipinski definition) is 1. The highest BCUT2D eigenvalue weighted by molar-refractivity contribution is 7.98. The van der Waals surface area contributed by atoms with Crippen LogP contribution in [-0.2, 0) is 4.74 Å². The number of rotatable bonds is 8. The number of thioether (sulfide) groups is 1. The molecular formula is C11H24N2OS2. The van der Waals surface area contributed by atoms with Gasteiger partial charge in [0.15, 0.2) is 5.11 Å². The van der Waals surface area contributed by atoms with Crippen molar-refractivity contribution in [2.24, 2.45) is 0 Å². The molecule has 0 rings (SSSR count). The van der Waals surface area contributed by atoms with Gasteiger partial charge in [0, 0.05) is 33.4 Å². The quantitative estimate of drug-likeness (QED) is 0.534. The van der Waals surface area contributed by atoms with Crippen LogP contribution < -0.4 is 5.32 Å². The monoisotopic (exact) mass is 264 g/mol. The van der Waals surface area contributed by atoms with Crippen LogP contribution in [0, 0.1) is 0 Å². The minimum absolute atomic E-state index is 0.495. The zero-order valence-electron chi connectivity index (χ0n) is 10.8. The van der Waals surface area contributed by atoms with Gasteiger partial charge >= 0.3 is 0 Å². The Hall–Kier alpha value is 0. The van der Waals surface area contributed by atoms with Crippen LogP contribution in [0.2, 0.25) is 0 Å². The molecule has 1 unspecified atom stereocenters. The molecular weight excluding hydrogens is 240 g/mol. The van der Waals surface area contributed by atoms with Crippen molar-refractivity contribution in [2.75, 3.05) is 39.3 Å². The molecule has 0 amide bonds. The van der Waals surface area contributed by atoms with E-state index in [1.54, 1.807) is 7.11 Å². The summed E-state index contributed by atoms with van der Waals surface area (Å²) in [6.45, 7) is 3.87. The van der Waals surface area contributed by atoms with Crippen LogP contribution >= 0.6 is 24.0 Å². The van der Waals surface area contributed by atoms with Crippen molar-refractivity contribution < 1.29 is 4.74 Å². The van der Waals surface area contributed by atoms with E-state index in [0.717, 1.165) is 31.1 Å². The topological polar surface area (TPSA) is 24.5 Å². The van der Waals surface area contributed by atoms with E-state index in [9.17, 15) is 0 Å². The highest BCUT2D eigenvalue weighted by Crippen LogP contribution is 2.06. The van der Waals surface area contributed by atoms with Crippen molar-refractivity contribution in [1.82, 2.24) is 10.2 Å². The first-order valence-corrected chi connectivity index (χ1v) is 7.42. The number of methoxy groups -OCH3 is 1. The summed E-state index contributed by atoms with van der Waals surface area (Å²) < 4.78 is 4.99. The third-order valence-corrected chi connectivity index (χ3v) is 3.60. The second kappa shape index (κ2) is 10.2. The van der Waals surface area contributed by atoms with E-state index >= 15 is 0 Å². The Bertz CT molecular complexity index is 191. The number of thiocarbonyl (C=S) groups is 1. The Kier molecular flexibility index (Phi) is 10.2. The molecule has 96 valence electrons. The van der Waals surface area contributed by atoms with Gasteiger partial charge in [0.05, 0.1) is 0 Å². The molecule has 0 aromatic rings.